The smallest absolute Gasteiger partial charge is 0.415 e. The van der Waals surface area contributed by atoms with Crippen LogP contribution in [0.5, 0.6) is 0 Å². The van der Waals surface area contributed by atoms with E-state index in [1.54, 1.807) is 17.3 Å². The van der Waals surface area contributed by atoms with Gasteiger partial charge in [0.15, 0.2) is 0 Å². The summed E-state index contributed by atoms with van der Waals surface area (Å²) in [5.41, 5.74) is 1.22. The molecule has 0 fully saturated rings. The van der Waals surface area contributed by atoms with E-state index in [4.69, 9.17) is 4.74 Å². The maximum atomic E-state index is 12.6. The summed E-state index contributed by atoms with van der Waals surface area (Å²) in [7, 11) is 0. The molecule has 124 valence electrons. The fourth-order valence-electron chi connectivity index (χ4n) is 2.06. The number of carbonyl (C=O) groups is 1. The molecule has 0 spiro atoms. The molecule has 6 heteroatoms. The largest absolute Gasteiger partial charge is 0.443 e. The van der Waals surface area contributed by atoms with Crippen LogP contribution >= 0.6 is 11.3 Å². The topological polar surface area (TPSA) is 55.3 Å². The fourth-order valence-corrected chi connectivity index (χ4v) is 3.25. The number of amides is 1. The van der Waals surface area contributed by atoms with Crippen LogP contribution in [0.3, 0.4) is 0 Å². The summed E-state index contributed by atoms with van der Waals surface area (Å²) >= 11 is 1.48. The number of pyridine rings is 1. The summed E-state index contributed by atoms with van der Waals surface area (Å²) in [6.45, 7) is 11.4. The van der Waals surface area contributed by atoms with Gasteiger partial charge in [0.1, 0.15) is 15.6 Å². The third-order valence-corrected chi connectivity index (χ3v) is 4.21. The minimum absolute atomic E-state index is 0.0225. The van der Waals surface area contributed by atoms with Crippen molar-refractivity contribution in [3.05, 3.63) is 30.2 Å². The summed E-state index contributed by atoms with van der Waals surface area (Å²) in [5.74, 6) is 0. The molecule has 2 aromatic heterocycles. The van der Waals surface area contributed by atoms with E-state index >= 15 is 0 Å². The van der Waals surface area contributed by atoms with Crippen LogP contribution in [-0.2, 0) is 4.74 Å². The van der Waals surface area contributed by atoms with Crippen molar-refractivity contribution in [2.45, 2.75) is 53.2 Å². The van der Waals surface area contributed by atoms with Crippen molar-refractivity contribution in [1.29, 1.82) is 0 Å². The molecule has 0 aliphatic rings. The summed E-state index contributed by atoms with van der Waals surface area (Å²) in [6, 6.07) is 3.81. The van der Waals surface area contributed by atoms with Crippen LogP contribution in [0.15, 0.2) is 24.5 Å². The molecule has 0 saturated heterocycles. The monoisotopic (exact) mass is 333 g/mol. The molecule has 0 aliphatic heterocycles. The van der Waals surface area contributed by atoms with Crippen LogP contribution in [0.2, 0.25) is 0 Å². The molecular formula is C17H23N3O2S. The van der Waals surface area contributed by atoms with Gasteiger partial charge < -0.3 is 4.74 Å². The van der Waals surface area contributed by atoms with E-state index in [0.29, 0.717) is 0 Å². The number of carbonyl (C=O) groups excluding carboxylic acids is 1. The second kappa shape index (κ2) is 6.66. The molecule has 2 rings (SSSR count). The van der Waals surface area contributed by atoms with Crippen LogP contribution in [0.25, 0.3) is 10.6 Å². The molecule has 0 atom stereocenters. The minimum Gasteiger partial charge on any atom is -0.443 e. The lowest BCUT2D eigenvalue weighted by molar-refractivity contribution is 0.0571. The van der Waals surface area contributed by atoms with Crippen LogP contribution in [0.4, 0.5) is 9.80 Å². The molecule has 0 aromatic carbocycles. The third-order valence-electron chi connectivity index (χ3n) is 3.01. The highest BCUT2D eigenvalue weighted by Crippen LogP contribution is 2.35. The number of aryl methyl sites for hydroxylation is 1. The second-order valence-corrected chi connectivity index (χ2v) is 7.57. The highest BCUT2D eigenvalue weighted by atomic mass is 32.1. The van der Waals surface area contributed by atoms with Gasteiger partial charge in [-0.25, -0.2) is 9.78 Å². The zero-order valence-electron chi connectivity index (χ0n) is 14.5. The van der Waals surface area contributed by atoms with Crippen molar-refractivity contribution in [3.63, 3.8) is 0 Å². The lowest BCUT2D eigenvalue weighted by Gasteiger charge is -2.29. The molecular weight excluding hydrogens is 310 g/mol. The van der Waals surface area contributed by atoms with Gasteiger partial charge in [-0.05, 0) is 53.7 Å². The Labute approximate surface area is 141 Å². The molecule has 0 bridgehead atoms. The van der Waals surface area contributed by atoms with Crippen LogP contribution in [-0.4, -0.2) is 27.7 Å². The summed E-state index contributed by atoms with van der Waals surface area (Å²) in [4.78, 5) is 23.0. The number of ether oxygens (including phenoxy) is 1. The Hall–Kier alpha value is -1.95. The molecule has 0 N–H and O–H groups in total. The van der Waals surface area contributed by atoms with Gasteiger partial charge in [0.25, 0.3) is 0 Å². The average molecular weight is 333 g/mol. The quantitative estimate of drug-likeness (QED) is 0.819. The van der Waals surface area contributed by atoms with Gasteiger partial charge >= 0.3 is 6.09 Å². The maximum absolute atomic E-state index is 12.6. The number of thiazole rings is 1. The first-order valence-corrected chi connectivity index (χ1v) is 8.40. The Morgan fingerprint density at radius 2 is 2.04 bits per heavy atom. The van der Waals surface area contributed by atoms with Gasteiger partial charge in [-0.2, -0.15) is 0 Å². The first kappa shape index (κ1) is 17.4. The normalized spacial score (nSPS) is 11.6. The lowest BCUT2D eigenvalue weighted by Crippen LogP contribution is -2.41. The minimum atomic E-state index is -0.533. The zero-order chi connectivity index (χ0) is 17.2. The number of hydrogen-bond acceptors (Lipinski definition) is 5. The maximum Gasteiger partial charge on any atom is 0.415 e. The highest BCUT2D eigenvalue weighted by Gasteiger charge is 2.28. The van der Waals surface area contributed by atoms with E-state index in [-0.39, 0.29) is 12.1 Å². The van der Waals surface area contributed by atoms with E-state index in [1.807, 2.05) is 53.7 Å². The lowest BCUT2D eigenvalue weighted by atomic mass is 10.2. The number of rotatable bonds is 3. The van der Waals surface area contributed by atoms with Gasteiger partial charge in [0.2, 0.25) is 0 Å². The van der Waals surface area contributed by atoms with Crippen molar-refractivity contribution >= 4 is 22.4 Å². The van der Waals surface area contributed by atoms with Gasteiger partial charge in [-0.1, -0.05) is 11.3 Å². The molecule has 2 aromatic rings. The number of aromatic nitrogens is 2. The molecule has 2 heterocycles. The van der Waals surface area contributed by atoms with Crippen molar-refractivity contribution in [2.24, 2.45) is 0 Å². The van der Waals surface area contributed by atoms with Crippen LogP contribution < -0.4 is 4.90 Å². The predicted octanol–water partition coefficient (Wildman–Crippen LogP) is 4.66. The second-order valence-electron chi connectivity index (χ2n) is 6.60. The Kier molecular flexibility index (Phi) is 5.04. The van der Waals surface area contributed by atoms with E-state index < -0.39 is 5.60 Å². The van der Waals surface area contributed by atoms with Gasteiger partial charge in [0.05, 0.1) is 5.69 Å². The van der Waals surface area contributed by atoms with E-state index in [9.17, 15) is 4.79 Å². The summed E-state index contributed by atoms with van der Waals surface area (Å²) < 4.78 is 5.54. The molecule has 0 radical (unpaired) electrons. The fraction of sp³-hybridized carbons (Fsp3) is 0.471. The van der Waals surface area contributed by atoms with E-state index in [0.717, 1.165) is 21.3 Å². The highest BCUT2D eigenvalue weighted by molar-refractivity contribution is 7.19. The van der Waals surface area contributed by atoms with Gasteiger partial charge in [-0.3, -0.25) is 9.88 Å². The van der Waals surface area contributed by atoms with Crippen molar-refractivity contribution in [3.8, 4) is 10.6 Å². The van der Waals surface area contributed by atoms with Crippen molar-refractivity contribution < 1.29 is 9.53 Å². The first-order valence-electron chi connectivity index (χ1n) is 7.59. The van der Waals surface area contributed by atoms with Crippen LogP contribution in [0, 0.1) is 6.92 Å². The molecule has 1 amide bonds. The van der Waals surface area contributed by atoms with E-state index in [2.05, 4.69) is 9.97 Å². The summed E-state index contributed by atoms with van der Waals surface area (Å²) in [6.07, 6.45) is 3.15. The number of anilines is 1. The van der Waals surface area contributed by atoms with Crippen molar-refractivity contribution in [2.75, 3.05) is 4.90 Å². The van der Waals surface area contributed by atoms with E-state index in [1.165, 1.54) is 11.3 Å². The molecule has 0 unspecified atom stereocenters. The predicted molar refractivity (Wildman–Crippen MR) is 93.9 cm³/mol. The average Bonchev–Trinajstić information content (AvgIpc) is 2.79. The Balaban J connectivity index is 2.37. The molecule has 23 heavy (non-hydrogen) atoms. The van der Waals surface area contributed by atoms with Gasteiger partial charge in [-0.15, -0.1) is 0 Å². The SMILES string of the molecule is Cc1nc(-c2cccnc2)sc1N(C(=O)OC(C)(C)C)C(C)C. The summed E-state index contributed by atoms with van der Waals surface area (Å²) in [5, 5.41) is 1.66. The molecule has 5 nitrogen and oxygen atoms in total. The zero-order valence-corrected chi connectivity index (χ0v) is 15.3. The Morgan fingerprint density at radius 1 is 1.35 bits per heavy atom. The number of hydrogen-bond donors (Lipinski definition) is 0. The third kappa shape index (κ3) is 4.28. The van der Waals surface area contributed by atoms with Crippen LogP contribution in [0.1, 0.15) is 40.3 Å². The number of nitrogens with zero attached hydrogens (tertiary/aromatic N) is 3. The standard InChI is InChI=1S/C17H23N3O2S/c1-11(2)20(16(21)22-17(4,5)6)15-12(3)19-14(23-15)13-8-7-9-18-10-13/h7-11H,1-6H3. The van der Waals surface area contributed by atoms with Crippen molar-refractivity contribution in [1.82, 2.24) is 9.97 Å². The Bertz CT molecular complexity index is 675. The molecule has 0 aliphatic carbocycles. The Morgan fingerprint density at radius 3 is 2.57 bits per heavy atom. The molecule has 0 saturated carbocycles. The van der Waals surface area contributed by atoms with Gasteiger partial charge in [0, 0.05) is 24.0 Å². The first-order chi connectivity index (χ1) is 10.7.